The highest BCUT2D eigenvalue weighted by Gasteiger charge is 2.29. The molecule has 0 heterocycles. The van der Waals surface area contributed by atoms with Gasteiger partial charge < -0.3 is 4.74 Å². The molecule has 0 radical (unpaired) electrons. The van der Waals surface area contributed by atoms with Crippen molar-refractivity contribution in [3.05, 3.63) is 65.2 Å². The number of fused-ring (bicyclic) bond motifs is 1. The van der Waals surface area contributed by atoms with Crippen molar-refractivity contribution in [2.45, 2.75) is 31.2 Å². The van der Waals surface area contributed by atoms with Crippen LogP contribution < -0.4 is 16.0 Å². The lowest BCUT2D eigenvalue weighted by Crippen LogP contribution is -2.34. The number of benzene rings is 2. The minimum Gasteiger partial charge on any atom is -0.496 e. The van der Waals surface area contributed by atoms with E-state index >= 15 is 0 Å². The average Bonchev–Trinajstić information content (AvgIpc) is 2.56. The van der Waals surface area contributed by atoms with Crippen LogP contribution in [0, 0.1) is 0 Å². The number of hydrogen-bond donors (Lipinski definition) is 2. The van der Waals surface area contributed by atoms with Gasteiger partial charge in [-0.2, -0.15) is 0 Å². The van der Waals surface area contributed by atoms with Gasteiger partial charge in [0, 0.05) is 11.5 Å². The lowest BCUT2D eigenvalue weighted by molar-refractivity contribution is 0.371. The van der Waals surface area contributed by atoms with Crippen LogP contribution in [-0.2, 0) is 6.42 Å². The van der Waals surface area contributed by atoms with Gasteiger partial charge in [0.1, 0.15) is 5.75 Å². The zero-order valence-electron chi connectivity index (χ0n) is 12.4. The molecule has 2 unspecified atom stereocenters. The van der Waals surface area contributed by atoms with Gasteiger partial charge in [0.05, 0.1) is 13.2 Å². The van der Waals surface area contributed by atoms with Gasteiger partial charge in [-0.15, -0.1) is 0 Å². The molecule has 3 rings (SSSR count). The van der Waals surface area contributed by atoms with Crippen molar-refractivity contribution < 1.29 is 4.74 Å². The molecule has 0 amide bonds. The first-order valence-corrected chi connectivity index (χ1v) is 7.52. The summed E-state index contributed by atoms with van der Waals surface area (Å²) in [5.41, 5.74) is 7.02. The normalized spacial score (nSPS) is 18.9. The van der Waals surface area contributed by atoms with E-state index in [0.29, 0.717) is 5.92 Å². The Kier molecular flexibility index (Phi) is 4.23. The Morgan fingerprint density at radius 3 is 2.71 bits per heavy atom. The molecule has 2 aromatic rings. The summed E-state index contributed by atoms with van der Waals surface area (Å²) >= 11 is 0. The highest BCUT2D eigenvalue weighted by molar-refractivity contribution is 5.41. The summed E-state index contributed by atoms with van der Waals surface area (Å²) in [5, 5.41) is 0. The minimum atomic E-state index is 0.0719. The van der Waals surface area contributed by atoms with E-state index < -0.39 is 0 Å². The Morgan fingerprint density at radius 1 is 1.14 bits per heavy atom. The number of hydrazine groups is 1. The highest BCUT2D eigenvalue weighted by atomic mass is 16.5. The predicted octanol–water partition coefficient (Wildman–Crippen LogP) is 3.32. The molecule has 3 nitrogen and oxygen atoms in total. The lowest BCUT2D eigenvalue weighted by Gasteiger charge is -2.33. The minimum absolute atomic E-state index is 0.0719. The molecule has 1 aliphatic carbocycles. The molecule has 0 bridgehead atoms. The van der Waals surface area contributed by atoms with E-state index in [2.05, 4.69) is 35.8 Å². The number of para-hydroxylation sites is 1. The van der Waals surface area contributed by atoms with E-state index in [1.807, 2.05) is 18.2 Å². The van der Waals surface area contributed by atoms with Crippen LogP contribution in [0.25, 0.3) is 0 Å². The van der Waals surface area contributed by atoms with Gasteiger partial charge in [-0.25, -0.2) is 0 Å². The second-order valence-electron chi connectivity index (χ2n) is 5.58. The first-order valence-electron chi connectivity index (χ1n) is 7.52. The van der Waals surface area contributed by atoms with Crippen molar-refractivity contribution in [2.75, 3.05) is 7.11 Å². The number of methoxy groups -OCH3 is 1. The maximum atomic E-state index is 5.91. The quantitative estimate of drug-likeness (QED) is 0.668. The molecule has 0 fully saturated rings. The van der Waals surface area contributed by atoms with E-state index in [1.54, 1.807) is 7.11 Å². The maximum Gasteiger partial charge on any atom is 0.123 e. The third-order valence-electron chi connectivity index (χ3n) is 4.47. The lowest BCUT2D eigenvalue weighted by atomic mass is 9.77. The molecule has 0 aliphatic heterocycles. The van der Waals surface area contributed by atoms with Gasteiger partial charge in [-0.3, -0.25) is 11.3 Å². The molecule has 3 heteroatoms. The predicted molar refractivity (Wildman–Crippen MR) is 85.2 cm³/mol. The van der Waals surface area contributed by atoms with Crippen LogP contribution in [-0.4, -0.2) is 7.11 Å². The van der Waals surface area contributed by atoms with Crippen molar-refractivity contribution in [1.29, 1.82) is 0 Å². The second-order valence-corrected chi connectivity index (χ2v) is 5.58. The molecule has 0 aromatic heterocycles. The largest absolute Gasteiger partial charge is 0.496 e. The van der Waals surface area contributed by atoms with Gasteiger partial charge in [0.25, 0.3) is 0 Å². The standard InChI is InChI=1S/C18H22N2O/c1-21-17-12-5-4-10-16(17)18(20-19)15-11-6-8-13-7-2-3-9-14(13)15/h2-5,7,9-10,12,15,18,20H,6,8,11,19H2,1H3. The zero-order chi connectivity index (χ0) is 14.7. The summed E-state index contributed by atoms with van der Waals surface area (Å²) in [6, 6.07) is 16.9. The Hall–Kier alpha value is -1.84. The van der Waals surface area contributed by atoms with Gasteiger partial charge in [-0.1, -0.05) is 42.5 Å². The summed E-state index contributed by atoms with van der Waals surface area (Å²) in [4.78, 5) is 0. The summed E-state index contributed by atoms with van der Waals surface area (Å²) in [5.74, 6) is 7.19. The SMILES string of the molecule is COc1ccccc1C(NN)C1CCCc2ccccc21. The Bertz CT molecular complexity index is 612. The van der Waals surface area contributed by atoms with Crippen molar-refractivity contribution in [1.82, 2.24) is 5.43 Å². The molecule has 0 spiro atoms. The van der Waals surface area contributed by atoms with Gasteiger partial charge >= 0.3 is 0 Å². The number of nitrogens with one attached hydrogen (secondary N) is 1. The average molecular weight is 282 g/mol. The first-order chi connectivity index (χ1) is 10.3. The second kappa shape index (κ2) is 6.29. The topological polar surface area (TPSA) is 47.3 Å². The summed E-state index contributed by atoms with van der Waals surface area (Å²) < 4.78 is 5.51. The van der Waals surface area contributed by atoms with Gasteiger partial charge in [0.15, 0.2) is 0 Å². The van der Waals surface area contributed by atoms with Crippen molar-refractivity contribution in [3.63, 3.8) is 0 Å². The van der Waals surface area contributed by atoms with Crippen LogP contribution in [0.2, 0.25) is 0 Å². The number of hydrogen-bond acceptors (Lipinski definition) is 3. The highest BCUT2D eigenvalue weighted by Crippen LogP contribution is 2.42. The molecule has 2 aromatic carbocycles. The van der Waals surface area contributed by atoms with E-state index in [1.165, 1.54) is 17.5 Å². The van der Waals surface area contributed by atoms with Crippen LogP contribution >= 0.6 is 0 Å². The Labute approximate surface area is 126 Å². The fourth-order valence-corrected chi connectivity index (χ4v) is 3.48. The summed E-state index contributed by atoms with van der Waals surface area (Å²) in [6.45, 7) is 0. The molecule has 21 heavy (non-hydrogen) atoms. The molecule has 3 N–H and O–H groups in total. The molecular weight excluding hydrogens is 260 g/mol. The van der Waals surface area contributed by atoms with Crippen LogP contribution in [0.5, 0.6) is 5.75 Å². The molecule has 0 saturated carbocycles. The molecule has 1 aliphatic rings. The number of aryl methyl sites for hydroxylation is 1. The van der Waals surface area contributed by atoms with Gasteiger partial charge in [-0.05, 0) is 36.5 Å². The van der Waals surface area contributed by atoms with Crippen LogP contribution in [0.15, 0.2) is 48.5 Å². The van der Waals surface area contributed by atoms with E-state index in [-0.39, 0.29) is 6.04 Å². The van der Waals surface area contributed by atoms with Crippen molar-refractivity contribution in [2.24, 2.45) is 5.84 Å². The maximum absolute atomic E-state index is 5.91. The third kappa shape index (κ3) is 2.67. The fraction of sp³-hybridized carbons (Fsp3) is 0.333. The number of nitrogens with two attached hydrogens (primary N) is 1. The molecule has 110 valence electrons. The van der Waals surface area contributed by atoms with Crippen molar-refractivity contribution >= 4 is 0 Å². The summed E-state index contributed by atoms with van der Waals surface area (Å²) in [7, 11) is 1.71. The number of ether oxygens (including phenoxy) is 1. The number of rotatable bonds is 4. The van der Waals surface area contributed by atoms with E-state index in [4.69, 9.17) is 10.6 Å². The van der Waals surface area contributed by atoms with Crippen LogP contribution in [0.1, 0.15) is 41.5 Å². The molecule has 2 atom stereocenters. The monoisotopic (exact) mass is 282 g/mol. The first kappa shape index (κ1) is 14.1. The fourth-order valence-electron chi connectivity index (χ4n) is 3.48. The summed E-state index contributed by atoms with van der Waals surface area (Å²) in [6.07, 6.45) is 3.51. The third-order valence-corrected chi connectivity index (χ3v) is 4.47. The van der Waals surface area contributed by atoms with Crippen LogP contribution in [0.4, 0.5) is 0 Å². The Morgan fingerprint density at radius 2 is 1.90 bits per heavy atom. The van der Waals surface area contributed by atoms with E-state index in [9.17, 15) is 0 Å². The molecule has 0 saturated heterocycles. The van der Waals surface area contributed by atoms with Crippen molar-refractivity contribution in [3.8, 4) is 5.75 Å². The van der Waals surface area contributed by atoms with Gasteiger partial charge in [0.2, 0.25) is 0 Å². The van der Waals surface area contributed by atoms with Crippen LogP contribution in [0.3, 0.4) is 0 Å². The Balaban J connectivity index is 2.01. The molecular formula is C18H22N2O. The zero-order valence-corrected chi connectivity index (χ0v) is 12.4. The smallest absolute Gasteiger partial charge is 0.123 e. The van der Waals surface area contributed by atoms with E-state index in [0.717, 1.165) is 24.2 Å².